The average Bonchev–Trinajstić information content (AvgIpc) is 2.99. The van der Waals surface area contributed by atoms with Gasteiger partial charge in [-0.3, -0.25) is 4.79 Å². The average molecular weight is 405 g/mol. The summed E-state index contributed by atoms with van der Waals surface area (Å²) >= 11 is 1.52. The van der Waals surface area contributed by atoms with Gasteiger partial charge in [-0.15, -0.1) is 11.8 Å². The Balaban J connectivity index is 2.24. The van der Waals surface area contributed by atoms with Crippen LogP contribution in [0.2, 0.25) is 0 Å². The maximum atomic E-state index is 12.8. The van der Waals surface area contributed by atoms with Gasteiger partial charge in [0.2, 0.25) is 5.78 Å². The van der Waals surface area contributed by atoms with E-state index in [1.807, 2.05) is 6.26 Å². The third-order valence-electron chi connectivity index (χ3n) is 4.36. The maximum Gasteiger partial charge on any atom is 0.342 e. The predicted octanol–water partition coefficient (Wildman–Crippen LogP) is 3.58. The van der Waals surface area contributed by atoms with Crippen molar-refractivity contribution in [1.82, 2.24) is 4.98 Å². The highest BCUT2D eigenvalue weighted by Crippen LogP contribution is 2.27. The number of H-pyrrole nitrogens is 1. The largest absolute Gasteiger partial charge is 0.496 e. The zero-order chi connectivity index (χ0) is 21.0. The van der Waals surface area contributed by atoms with Crippen molar-refractivity contribution in [2.45, 2.75) is 31.8 Å². The number of esters is 2. The molecule has 0 bridgehead atoms. The number of carbonyl (C=O) groups excluding carboxylic acids is 3. The second-order valence-corrected chi connectivity index (χ2v) is 6.97. The first-order chi connectivity index (χ1) is 13.2. The second-order valence-electron chi connectivity index (χ2n) is 6.09. The van der Waals surface area contributed by atoms with Crippen LogP contribution in [0.5, 0.6) is 5.75 Å². The number of methoxy groups -OCH3 is 2. The zero-order valence-electron chi connectivity index (χ0n) is 16.7. The van der Waals surface area contributed by atoms with E-state index in [0.717, 1.165) is 4.90 Å². The molecule has 28 heavy (non-hydrogen) atoms. The fourth-order valence-electron chi connectivity index (χ4n) is 2.85. The summed E-state index contributed by atoms with van der Waals surface area (Å²) in [4.78, 5) is 41.0. The molecule has 0 saturated heterocycles. The molecule has 8 heteroatoms. The third kappa shape index (κ3) is 4.22. The summed E-state index contributed by atoms with van der Waals surface area (Å²) in [5.41, 5.74) is 1.72. The van der Waals surface area contributed by atoms with Crippen LogP contribution >= 0.6 is 11.8 Å². The molecule has 1 N–H and O–H groups in total. The van der Waals surface area contributed by atoms with Crippen LogP contribution in [-0.4, -0.2) is 49.3 Å². The molecule has 0 aliphatic heterocycles. The van der Waals surface area contributed by atoms with Crippen molar-refractivity contribution >= 4 is 29.5 Å². The molecule has 7 nitrogen and oxygen atoms in total. The predicted molar refractivity (Wildman–Crippen MR) is 106 cm³/mol. The molecule has 2 aromatic rings. The van der Waals surface area contributed by atoms with Crippen LogP contribution in [0.3, 0.4) is 0 Å². The summed E-state index contributed by atoms with van der Waals surface area (Å²) in [6, 6.07) is 5.11. The molecule has 1 aromatic heterocycles. The Hall–Kier alpha value is -2.74. The van der Waals surface area contributed by atoms with Crippen LogP contribution in [0.1, 0.15) is 49.4 Å². The van der Waals surface area contributed by atoms with Crippen LogP contribution < -0.4 is 4.74 Å². The number of hydrogen-bond acceptors (Lipinski definition) is 7. The highest BCUT2D eigenvalue weighted by molar-refractivity contribution is 7.98. The van der Waals surface area contributed by atoms with E-state index in [0.29, 0.717) is 22.6 Å². The molecule has 1 unspecified atom stereocenters. The molecule has 0 saturated carbocycles. The van der Waals surface area contributed by atoms with E-state index in [-0.39, 0.29) is 11.3 Å². The Morgan fingerprint density at radius 2 is 1.79 bits per heavy atom. The number of hydrogen-bond donors (Lipinski definition) is 1. The lowest BCUT2D eigenvalue weighted by molar-refractivity contribution is 0.0313. The molecular weight excluding hydrogens is 382 g/mol. The highest BCUT2D eigenvalue weighted by atomic mass is 32.2. The number of nitrogens with one attached hydrogen (secondary N) is 1. The van der Waals surface area contributed by atoms with Gasteiger partial charge in [-0.1, -0.05) is 0 Å². The minimum absolute atomic E-state index is 0.211. The number of aromatic amines is 1. The van der Waals surface area contributed by atoms with E-state index in [1.54, 1.807) is 32.0 Å². The van der Waals surface area contributed by atoms with Crippen LogP contribution in [-0.2, 0) is 9.47 Å². The number of ether oxygens (including phenoxy) is 3. The van der Waals surface area contributed by atoms with Crippen molar-refractivity contribution in [1.29, 1.82) is 0 Å². The van der Waals surface area contributed by atoms with Crippen LogP contribution in [0.15, 0.2) is 23.1 Å². The van der Waals surface area contributed by atoms with Crippen LogP contribution in [0.4, 0.5) is 0 Å². The summed E-state index contributed by atoms with van der Waals surface area (Å²) in [6.07, 6.45) is 0.858. The molecule has 0 spiro atoms. The Morgan fingerprint density at radius 3 is 2.36 bits per heavy atom. The van der Waals surface area contributed by atoms with Gasteiger partial charge in [-0.05, 0) is 50.8 Å². The standard InChI is InChI=1S/C20H23NO6S/c1-10-16(20(24)26-5)11(2)21-17(10)18(22)12(3)27-19(23)14-8-7-13(28-6)9-15(14)25-4/h7-9,12,21H,1-6H3. The number of rotatable bonds is 7. The number of benzene rings is 1. The van der Waals surface area contributed by atoms with Gasteiger partial charge in [0.25, 0.3) is 0 Å². The molecule has 0 aliphatic carbocycles. The summed E-state index contributed by atoms with van der Waals surface area (Å²) in [5, 5.41) is 0. The molecule has 0 amide bonds. The normalized spacial score (nSPS) is 11.6. The number of Topliss-reactive ketones (excluding diaryl/α,β-unsaturated/α-hetero) is 1. The van der Waals surface area contributed by atoms with Gasteiger partial charge < -0.3 is 19.2 Å². The Kier molecular flexibility index (Phi) is 6.90. The Bertz CT molecular complexity index is 918. The van der Waals surface area contributed by atoms with Gasteiger partial charge in [0.05, 0.1) is 25.5 Å². The first-order valence-electron chi connectivity index (χ1n) is 8.49. The molecule has 2 rings (SSSR count). The molecular formula is C20H23NO6S. The van der Waals surface area contributed by atoms with Crippen molar-refractivity contribution < 1.29 is 28.6 Å². The SMILES string of the molecule is COC(=O)c1c(C)[nH]c(C(=O)C(C)OC(=O)c2ccc(SC)cc2OC)c1C. The molecule has 150 valence electrons. The van der Waals surface area contributed by atoms with Crippen molar-refractivity contribution in [3.05, 3.63) is 46.3 Å². The smallest absolute Gasteiger partial charge is 0.342 e. The summed E-state index contributed by atoms with van der Waals surface area (Å²) < 4.78 is 15.4. The highest BCUT2D eigenvalue weighted by Gasteiger charge is 2.28. The molecule has 0 radical (unpaired) electrons. The van der Waals surface area contributed by atoms with Crippen molar-refractivity contribution in [2.75, 3.05) is 20.5 Å². The van der Waals surface area contributed by atoms with E-state index >= 15 is 0 Å². The second kappa shape index (κ2) is 8.97. The molecule has 1 heterocycles. The van der Waals surface area contributed by atoms with E-state index in [4.69, 9.17) is 14.2 Å². The van der Waals surface area contributed by atoms with Gasteiger partial charge >= 0.3 is 11.9 Å². The summed E-state index contributed by atoms with van der Waals surface area (Å²) in [5.74, 6) is -1.27. The quantitative estimate of drug-likeness (QED) is 0.427. The lowest BCUT2D eigenvalue weighted by Crippen LogP contribution is -2.25. The maximum absolute atomic E-state index is 12.8. The van der Waals surface area contributed by atoms with E-state index in [2.05, 4.69) is 4.98 Å². The zero-order valence-corrected chi connectivity index (χ0v) is 17.5. The summed E-state index contributed by atoms with van der Waals surface area (Å²) in [6.45, 7) is 4.79. The number of carbonyl (C=O) groups is 3. The first-order valence-corrected chi connectivity index (χ1v) is 9.72. The van der Waals surface area contributed by atoms with E-state index in [9.17, 15) is 14.4 Å². The third-order valence-corrected chi connectivity index (χ3v) is 5.08. The van der Waals surface area contributed by atoms with Gasteiger partial charge in [0.15, 0.2) is 6.10 Å². The van der Waals surface area contributed by atoms with Crippen molar-refractivity contribution in [2.24, 2.45) is 0 Å². The molecule has 1 aromatic carbocycles. The lowest BCUT2D eigenvalue weighted by Gasteiger charge is -2.14. The Morgan fingerprint density at radius 1 is 1.11 bits per heavy atom. The minimum Gasteiger partial charge on any atom is -0.496 e. The minimum atomic E-state index is -1.06. The fraction of sp³-hybridized carbons (Fsp3) is 0.350. The van der Waals surface area contributed by atoms with Crippen molar-refractivity contribution in [3.8, 4) is 5.75 Å². The number of ketones is 1. The van der Waals surface area contributed by atoms with Gasteiger partial charge in [-0.25, -0.2) is 9.59 Å². The fourth-order valence-corrected chi connectivity index (χ4v) is 3.28. The topological polar surface area (TPSA) is 94.7 Å². The van der Waals surface area contributed by atoms with Crippen LogP contribution in [0, 0.1) is 13.8 Å². The van der Waals surface area contributed by atoms with Crippen molar-refractivity contribution in [3.63, 3.8) is 0 Å². The van der Waals surface area contributed by atoms with E-state index < -0.39 is 23.8 Å². The van der Waals surface area contributed by atoms with Gasteiger partial charge in [-0.2, -0.15) is 0 Å². The van der Waals surface area contributed by atoms with Gasteiger partial charge in [0, 0.05) is 10.6 Å². The number of thioether (sulfide) groups is 1. The van der Waals surface area contributed by atoms with Crippen LogP contribution in [0.25, 0.3) is 0 Å². The first kappa shape index (κ1) is 21.6. The lowest BCUT2D eigenvalue weighted by atomic mass is 10.1. The monoisotopic (exact) mass is 405 g/mol. The summed E-state index contributed by atoms with van der Waals surface area (Å²) in [7, 11) is 2.74. The Labute approximate surface area is 167 Å². The molecule has 0 aliphatic rings. The molecule has 1 atom stereocenters. The number of aromatic nitrogens is 1. The van der Waals surface area contributed by atoms with Gasteiger partial charge in [0.1, 0.15) is 11.3 Å². The number of aryl methyl sites for hydroxylation is 1. The van der Waals surface area contributed by atoms with E-state index in [1.165, 1.54) is 32.9 Å². The molecule has 0 fully saturated rings.